The molecule has 1 N–H and O–H groups in total. The number of anilines is 1. The minimum Gasteiger partial charge on any atom is -0.483 e. The number of likely N-dealkylation sites (tertiary alicyclic amines) is 1. The van der Waals surface area contributed by atoms with E-state index in [2.05, 4.69) is 15.4 Å². The van der Waals surface area contributed by atoms with E-state index in [4.69, 9.17) is 18.7 Å². The van der Waals surface area contributed by atoms with Gasteiger partial charge in [0.15, 0.2) is 18.0 Å². The van der Waals surface area contributed by atoms with Crippen molar-refractivity contribution in [2.75, 3.05) is 58.4 Å². The predicted octanol–water partition coefficient (Wildman–Crippen LogP) is 3.72. The summed E-state index contributed by atoms with van der Waals surface area (Å²) in [5, 5.41) is 7.64. The fourth-order valence-corrected chi connectivity index (χ4v) is 4.75. The van der Waals surface area contributed by atoms with Crippen molar-refractivity contribution < 1.29 is 36.7 Å². The molecule has 2 aliphatic heterocycles. The number of nitrogens with one attached hydrogen (secondary N) is 1. The maximum atomic E-state index is 12.6. The van der Waals surface area contributed by atoms with Crippen molar-refractivity contribution in [1.82, 2.24) is 10.1 Å². The van der Waals surface area contributed by atoms with Crippen LogP contribution in [0.25, 0.3) is 11.0 Å². The minimum absolute atomic E-state index is 0.0863. The van der Waals surface area contributed by atoms with Gasteiger partial charge >= 0.3 is 12.1 Å². The molecule has 2 unspecified atom stereocenters. The topological polar surface area (TPSA) is 86.1 Å². The highest BCUT2D eigenvalue weighted by Gasteiger charge is 2.34. The molecule has 0 spiro atoms. The molecule has 2 aromatic rings. The number of halogens is 3. The molecule has 8 nitrogen and oxygen atoms in total. The third kappa shape index (κ3) is 6.12. The fraction of sp³-hybridized carbons (Fsp3) is 0.652. The number of aromatic nitrogens is 1. The summed E-state index contributed by atoms with van der Waals surface area (Å²) in [5.41, 5.74) is 0.367. The molecule has 1 aromatic heterocycles. The van der Waals surface area contributed by atoms with Crippen molar-refractivity contribution >= 4 is 22.8 Å². The number of carbonyl (C=O) groups is 1. The number of hydrogen-bond acceptors (Lipinski definition) is 8. The minimum atomic E-state index is -4.43. The molecule has 0 bridgehead atoms. The lowest BCUT2D eigenvalue weighted by Crippen LogP contribution is -2.44. The van der Waals surface area contributed by atoms with Crippen LogP contribution in [0.5, 0.6) is 5.75 Å². The zero-order valence-corrected chi connectivity index (χ0v) is 19.1. The van der Waals surface area contributed by atoms with E-state index in [0.29, 0.717) is 48.9 Å². The molecule has 1 aromatic carbocycles. The summed E-state index contributed by atoms with van der Waals surface area (Å²) >= 11 is 0. The van der Waals surface area contributed by atoms with Gasteiger partial charge < -0.3 is 29.0 Å². The van der Waals surface area contributed by atoms with Crippen molar-refractivity contribution in [1.29, 1.82) is 0 Å². The Balaban J connectivity index is 1.29. The van der Waals surface area contributed by atoms with E-state index in [-0.39, 0.29) is 23.6 Å². The average Bonchev–Trinajstić information content (AvgIpc) is 3.25. The van der Waals surface area contributed by atoms with Gasteiger partial charge in [-0.05, 0) is 50.4 Å². The monoisotopic (exact) mass is 485 g/mol. The summed E-state index contributed by atoms with van der Waals surface area (Å²) in [6.07, 6.45) is -1.83. The maximum absolute atomic E-state index is 12.6. The van der Waals surface area contributed by atoms with Crippen molar-refractivity contribution in [3.8, 4) is 5.75 Å². The summed E-state index contributed by atoms with van der Waals surface area (Å²) in [7, 11) is 1.43. The van der Waals surface area contributed by atoms with E-state index >= 15 is 0 Å². The molecule has 0 radical (unpaired) electrons. The Morgan fingerprint density at radius 1 is 1.26 bits per heavy atom. The highest BCUT2D eigenvalue weighted by Crippen LogP contribution is 2.34. The van der Waals surface area contributed by atoms with Gasteiger partial charge in [0.2, 0.25) is 0 Å². The second-order valence-electron chi connectivity index (χ2n) is 8.94. The number of alkyl halides is 3. The number of piperidine rings is 1. The fourth-order valence-electron chi connectivity index (χ4n) is 4.75. The molecular formula is C23H30F3N3O5. The number of benzene rings is 1. The Morgan fingerprint density at radius 2 is 2.06 bits per heavy atom. The van der Waals surface area contributed by atoms with Gasteiger partial charge in [-0.15, -0.1) is 0 Å². The highest BCUT2D eigenvalue weighted by molar-refractivity contribution is 5.93. The molecular weight excluding hydrogens is 455 g/mol. The van der Waals surface area contributed by atoms with Crippen molar-refractivity contribution in [3.05, 3.63) is 18.2 Å². The van der Waals surface area contributed by atoms with Crippen LogP contribution < -0.4 is 10.1 Å². The maximum Gasteiger partial charge on any atom is 0.422 e. The molecule has 2 atom stereocenters. The van der Waals surface area contributed by atoms with Crippen molar-refractivity contribution in [3.63, 3.8) is 0 Å². The van der Waals surface area contributed by atoms with Crippen LogP contribution >= 0.6 is 0 Å². The normalized spacial score (nSPS) is 22.6. The van der Waals surface area contributed by atoms with E-state index in [9.17, 15) is 18.0 Å². The van der Waals surface area contributed by atoms with Crippen LogP contribution in [0.15, 0.2) is 22.7 Å². The first-order chi connectivity index (χ1) is 16.3. The van der Waals surface area contributed by atoms with Gasteiger partial charge in [0.1, 0.15) is 11.1 Å². The molecule has 0 saturated carbocycles. The van der Waals surface area contributed by atoms with Crippen LogP contribution in [0.1, 0.15) is 19.3 Å². The van der Waals surface area contributed by atoms with Crippen molar-refractivity contribution in [2.45, 2.75) is 25.4 Å². The van der Waals surface area contributed by atoms with E-state index in [1.165, 1.54) is 13.2 Å². The number of nitrogens with zero attached hydrogens (tertiary/aromatic N) is 2. The van der Waals surface area contributed by atoms with Gasteiger partial charge in [-0.2, -0.15) is 13.2 Å². The largest absolute Gasteiger partial charge is 0.483 e. The summed E-state index contributed by atoms with van der Waals surface area (Å²) in [4.78, 5) is 14.5. The van der Waals surface area contributed by atoms with Gasteiger partial charge in [0, 0.05) is 25.6 Å². The molecule has 3 heterocycles. The van der Waals surface area contributed by atoms with Gasteiger partial charge in [0.25, 0.3) is 0 Å². The van der Waals surface area contributed by atoms with Crippen molar-refractivity contribution in [2.24, 2.45) is 17.8 Å². The summed E-state index contributed by atoms with van der Waals surface area (Å²) in [5.74, 6) is 0.703. The van der Waals surface area contributed by atoms with Crippen LogP contribution in [0.3, 0.4) is 0 Å². The Bertz CT molecular complexity index is 959. The molecule has 2 aliphatic rings. The molecule has 0 amide bonds. The molecule has 2 fully saturated rings. The van der Waals surface area contributed by atoms with E-state index in [0.717, 1.165) is 32.5 Å². The lowest BCUT2D eigenvalue weighted by molar-refractivity contribution is -0.153. The lowest BCUT2D eigenvalue weighted by atomic mass is 9.87. The Morgan fingerprint density at radius 3 is 2.79 bits per heavy atom. The van der Waals surface area contributed by atoms with Gasteiger partial charge in [-0.3, -0.25) is 4.79 Å². The second-order valence-corrected chi connectivity index (χ2v) is 8.94. The van der Waals surface area contributed by atoms with Crippen LogP contribution in [0.2, 0.25) is 0 Å². The van der Waals surface area contributed by atoms with Gasteiger partial charge in [-0.1, -0.05) is 11.2 Å². The first kappa shape index (κ1) is 24.6. The molecule has 188 valence electrons. The molecule has 2 saturated heterocycles. The summed E-state index contributed by atoms with van der Waals surface area (Å²) < 4.78 is 58.6. The smallest absolute Gasteiger partial charge is 0.422 e. The zero-order valence-electron chi connectivity index (χ0n) is 19.1. The Hall–Kier alpha value is -2.53. The molecule has 11 heteroatoms. The second kappa shape index (κ2) is 10.8. The number of ether oxygens (including phenoxy) is 3. The first-order valence-electron chi connectivity index (χ1n) is 11.5. The molecule has 0 aliphatic carbocycles. The predicted molar refractivity (Wildman–Crippen MR) is 118 cm³/mol. The van der Waals surface area contributed by atoms with Crippen LogP contribution in [-0.4, -0.2) is 75.3 Å². The van der Waals surface area contributed by atoms with E-state index in [1.807, 2.05) is 0 Å². The number of hydrogen-bond donors (Lipinski definition) is 1. The van der Waals surface area contributed by atoms with Gasteiger partial charge in [-0.25, -0.2) is 0 Å². The Kier molecular flexibility index (Phi) is 7.82. The van der Waals surface area contributed by atoms with Crippen LogP contribution in [-0.2, 0) is 14.3 Å². The standard InChI is InChI=1S/C23H30F3N3O5/c1-31-22(30)17-7-10-32-13-16(17)12-29-8-5-15(6-9-29)11-27-21-20-18(33-14-23(24,25)26)3-2-4-19(20)34-28-21/h2-4,15-17H,5-14H2,1H3,(H,27,28). The van der Waals surface area contributed by atoms with Gasteiger partial charge in [0.05, 0.1) is 19.6 Å². The third-order valence-electron chi connectivity index (χ3n) is 6.59. The zero-order chi connectivity index (χ0) is 24.1. The first-order valence-corrected chi connectivity index (χ1v) is 11.5. The molecule has 4 rings (SSSR count). The number of methoxy groups -OCH3 is 1. The Labute approximate surface area is 195 Å². The van der Waals surface area contributed by atoms with Crippen LogP contribution in [0, 0.1) is 17.8 Å². The number of fused-ring (bicyclic) bond motifs is 1. The van der Waals surface area contributed by atoms with E-state index in [1.54, 1.807) is 12.1 Å². The number of esters is 1. The SMILES string of the molecule is COC(=O)C1CCOCC1CN1CCC(CNc2noc3cccc(OCC(F)(F)F)c23)CC1. The summed E-state index contributed by atoms with van der Waals surface area (Å²) in [6.45, 7) is 3.00. The number of rotatable bonds is 8. The summed E-state index contributed by atoms with van der Waals surface area (Å²) in [6, 6.07) is 4.69. The van der Waals surface area contributed by atoms with E-state index < -0.39 is 12.8 Å². The third-order valence-corrected chi connectivity index (χ3v) is 6.59. The average molecular weight is 486 g/mol. The highest BCUT2D eigenvalue weighted by atomic mass is 19.4. The number of carbonyl (C=O) groups excluding carboxylic acids is 1. The quantitative estimate of drug-likeness (QED) is 0.567. The lowest BCUT2D eigenvalue weighted by Gasteiger charge is -2.37. The molecule has 34 heavy (non-hydrogen) atoms. The van der Waals surface area contributed by atoms with Crippen LogP contribution in [0.4, 0.5) is 19.0 Å².